The first-order valence-electron chi connectivity index (χ1n) is 9.89. The molecule has 0 bridgehead atoms. The van der Waals surface area contributed by atoms with Crippen LogP contribution in [0.1, 0.15) is 28.1 Å². The number of rotatable bonds is 6. The molecule has 0 fully saturated rings. The number of aliphatic hydroxyl groups is 1. The van der Waals surface area contributed by atoms with Gasteiger partial charge in [0.2, 0.25) is 5.76 Å². The van der Waals surface area contributed by atoms with Crippen molar-refractivity contribution in [3.8, 4) is 0 Å². The van der Waals surface area contributed by atoms with Crippen LogP contribution in [-0.2, 0) is 6.54 Å². The van der Waals surface area contributed by atoms with E-state index in [2.05, 4.69) is 36.4 Å². The van der Waals surface area contributed by atoms with Gasteiger partial charge in [0, 0.05) is 41.3 Å². The molecule has 3 aromatic rings. The Morgan fingerprint density at radius 3 is 2.30 bits per heavy atom. The zero-order chi connectivity index (χ0) is 21.8. The van der Waals surface area contributed by atoms with Crippen molar-refractivity contribution in [1.82, 2.24) is 4.57 Å². The molecular weight excluding hydrogens is 390 g/mol. The lowest BCUT2D eigenvalue weighted by Gasteiger charge is -2.12. The molecule has 1 aromatic carbocycles. The number of nitrogens with zero attached hydrogens (tertiary/aromatic N) is 2. The molecule has 3 rings (SSSR count). The Morgan fingerprint density at radius 2 is 1.70 bits per heavy atom. The fourth-order valence-electron chi connectivity index (χ4n) is 3.71. The first-order valence-corrected chi connectivity index (χ1v) is 10.3. The minimum absolute atomic E-state index is 0.136. The second kappa shape index (κ2) is 9.09. The van der Waals surface area contributed by atoms with E-state index >= 15 is 0 Å². The zero-order valence-electron chi connectivity index (χ0n) is 17.9. The summed E-state index contributed by atoms with van der Waals surface area (Å²) in [5, 5.41) is 14.7. The van der Waals surface area contributed by atoms with Crippen LogP contribution >= 0.6 is 12.2 Å². The van der Waals surface area contributed by atoms with Crippen molar-refractivity contribution in [3.05, 3.63) is 95.6 Å². The third kappa shape index (κ3) is 4.52. The van der Waals surface area contributed by atoms with Crippen molar-refractivity contribution < 1.29 is 9.67 Å². The number of hydrogen-bond acceptors (Lipinski definition) is 2. The van der Waals surface area contributed by atoms with Gasteiger partial charge in [0.1, 0.15) is 0 Å². The topological polar surface area (TPSA) is 41.1 Å². The van der Waals surface area contributed by atoms with Crippen LogP contribution in [0.4, 0.5) is 5.69 Å². The van der Waals surface area contributed by atoms with E-state index in [0.717, 1.165) is 33.8 Å². The molecule has 0 saturated carbocycles. The average Bonchev–Trinajstić information content (AvgIpc) is 2.97. The molecule has 30 heavy (non-hydrogen) atoms. The summed E-state index contributed by atoms with van der Waals surface area (Å²) in [4.78, 5) is 0.447. The molecule has 0 atom stereocenters. The van der Waals surface area contributed by atoms with E-state index in [4.69, 9.17) is 12.2 Å². The van der Waals surface area contributed by atoms with Gasteiger partial charge in [-0.2, -0.15) is 4.57 Å². The van der Waals surface area contributed by atoms with Crippen LogP contribution in [0.3, 0.4) is 0 Å². The largest absolute Gasteiger partial charge is 0.502 e. The number of thiocarbonyl (C=S) groups is 1. The van der Waals surface area contributed by atoms with E-state index in [1.165, 1.54) is 0 Å². The molecule has 0 aliphatic carbocycles. The van der Waals surface area contributed by atoms with E-state index in [0.29, 0.717) is 17.2 Å². The van der Waals surface area contributed by atoms with Gasteiger partial charge in [-0.05, 0) is 57.0 Å². The number of aryl methyl sites for hydroxylation is 3. The highest BCUT2D eigenvalue weighted by molar-refractivity contribution is 7.81. The quantitative estimate of drug-likeness (QED) is 0.182. The monoisotopic (exact) mass is 418 g/mol. The van der Waals surface area contributed by atoms with Crippen molar-refractivity contribution in [2.24, 2.45) is 0 Å². The van der Waals surface area contributed by atoms with Crippen LogP contribution in [-0.4, -0.2) is 14.7 Å². The van der Waals surface area contributed by atoms with Gasteiger partial charge >= 0.3 is 0 Å². The minimum atomic E-state index is 0.136. The maximum absolute atomic E-state index is 11.4. The first kappa shape index (κ1) is 21.5. The lowest BCUT2D eigenvalue weighted by Crippen LogP contribution is -2.38. The van der Waals surface area contributed by atoms with Crippen molar-refractivity contribution in [1.29, 1.82) is 0 Å². The van der Waals surface area contributed by atoms with Crippen molar-refractivity contribution in [2.75, 3.05) is 5.32 Å². The van der Waals surface area contributed by atoms with Crippen LogP contribution in [0.2, 0.25) is 0 Å². The second-order valence-corrected chi connectivity index (χ2v) is 7.90. The fourth-order valence-corrected chi connectivity index (χ4v) is 4.03. The summed E-state index contributed by atoms with van der Waals surface area (Å²) in [6.07, 6.45) is 5.61. The molecule has 4 nitrogen and oxygen atoms in total. The van der Waals surface area contributed by atoms with Crippen LogP contribution in [0, 0.1) is 27.7 Å². The lowest BCUT2D eigenvalue weighted by atomic mass is 10.1. The number of nitrogens with one attached hydrogen (secondary N) is 1. The zero-order valence-corrected chi connectivity index (χ0v) is 18.8. The van der Waals surface area contributed by atoms with Gasteiger partial charge in [0.05, 0.1) is 0 Å². The molecule has 0 amide bonds. The van der Waals surface area contributed by atoms with Crippen LogP contribution in [0.15, 0.2) is 67.5 Å². The van der Waals surface area contributed by atoms with Gasteiger partial charge in [-0.3, -0.25) is 0 Å². The summed E-state index contributed by atoms with van der Waals surface area (Å²) in [6, 6.07) is 13.9. The fraction of sp³-hybridized carbons (Fsp3) is 0.200. The Bertz CT molecular complexity index is 1110. The van der Waals surface area contributed by atoms with E-state index in [9.17, 15) is 5.11 Å². The molecule has 0 saturated heterocycles. The highest BCUT2D eigenvalue weighted by Gasteiger charge is 2.26. The number of allylic oxidation sites excluding steroid dienone is 1. The Labute approximate surface area is 183 Å². The van der Waals surface area contributed by atoms with Gasteiger partial charge in [-0.25, -0.2) is 0 Å². The molecule has 0 aliphatic rings. The standard InChI is InChI=1S/C25H27N3OS/c1-6-10-28-19(4)16-22(20(28)5)24(29)23(27-11-8-7-9-12-27)25(30)26-21-14-17(2)13-18(3)15-21/h6-9,11-16H,1,10H2,2-5H3,(H-,26,29,30)/p+1. The third-order valence-corrected chi connectivity index (χ3v) is 5.33. The number of aliphatic hydroxyl groups excluding tert-OH is 1. The molecule has 2 aromatic heterocycles. The summed E-state index contributed by atoms with van der Waals surface area (Å²) in [7, 11) is 0. The molecule has 2 N–H and O–H groups in total. The third-order valence-electron chi connectivity index (χ3n) is 5.03. The summed E-state index contributed by atoms with van der Waals surface area (Å²) in [5.41, 5.74) is 6.50. The van der Waals surface area contributed by atoms with E-state index < -0.39 is 0 Å². The maximum Gasteiger partial charge on any atom is 0.288 e. The number of benzene rings is 1. The predicted octanol–water partition coefficient (Wildman–Crippen LogP) is 5.52. The number of anilines is 1. The summed E-state index contributed by atoms with van der Waals surface area (Å²) in [6.45, 7) is 12.6. The molecule has 0 unspecified atom stereocenters. The Morgan fingerprint density at radius 1 is 1.07 bits per heavy atom. The summed E-state index contributed by atoms with van der Waals surface area (Å²) >= 11 is 5.76. The molecule has 5 heteroatoms. The maximum atomic E-state index is 11.4. The van der Waals surface area contributed by atoms with Crippen molar-refractivity contribution in [2.45, 2.75) is 34.2 Å². The van der Waals surface area contributed by atoms with E-state index in [1.54, 1.807) is 0 Å². The Balaban J connectivity index is 2.12. The molecule has 0 spiro atoms. The molecular formula is C25H28N3OS+. The SMILES string of the molecule is C=CCn1c(C)cc(/C(O)=C(/C(=S)Nc2cc(C)cc(C)c2)[n+]2ccccc2)c1C. The molecule has 0 radical (unpaired) electrons. The molecule has 0 aliphatic heterocycles. The van der Waals surface area contributed by atoms with Gasteiger partial charge in [-0.1, -0.05) is 30.4 Å². The minimum Gasteiger partial charge on any atom is -0.502 e. The van der Waals surface area contributed by atoms with E-state index in [1.807, 2.05) is 73.3 Å². The summed E-state index contributed by atoms with van der Waals surface area (Å²) in [5.74, 6) is 0.136. The van der Waals surface area contributed by atoms with Crippen LogP contribution < -0.4 is 9.88 Å². The molecule has 154 valence electrons. The summed E-state index contributed by atoms with van der Waals surface area (Å²) < 4.78 is 3.96. The normalized spacial score (nSPS) is 11.7. The lowest BCUT2D eigenvalue weighted by molar-refractivity contribution is -0.575. The Kier molecular flexibility index (Phi) is 6.53. The van der Waals surface area contributed by atoms with Crippen LogP contribution in [0.5, 0.6) is 0 Å². The highest BCUT2D eigenvalue weighted by atomic mass is 32.1. The predicted molar refractivity (Wildman–Crippen MR) is 129 cm³/mol. The first-order chi connectivity index (χ1) is 14.3. The average molecular weight is 419 g/mol. The molecule has 2 heterocycles. The van der Waals surface area contributed by atoms with Gasteiger partial charge < -0.3 is 15.0 Å². The second-order valence-electron chi connectivity index (χ2n) is 7.49. The van der Waals surface area contributed by atoms with E-state index in [-0.39, 0.29) is 5.76 Å². The number of hydrogen-bond donors (Lipinski definition) is 2. The smallest absolute Gasteiger partial charge is 0.288 e. The van der Waals surface area contributed by atoms with Gasteiger partial charge in [0.25, 0.3) is 5.70 Å². The number of pyridine rings is 1. The van der Waals surface area contributed by atoms with Crippen LogP contribution in [0.25, 0.3) is 11.5 Å². The van der Waals surface area contributed by atoms with Crippen molar-refractivity contribution in [3.63, 3.8) is 0 Å². The Hall–Kier alpha value is -3.18. The highest BCUT2D eigenvalue weighted by Crippen LogP contribution is 2.25. The van der Waals surface area contributed by atoms with Gasteiger partial charge in [0.15, 0.2) is 17.4 Å². The van der Waals surface area contributed by atoms with Crippen molar-refractivity contribution >= 4 is 34.3 Å². The number of aromatic nitrogens is 2. The van der Waals surface area contributed by atoms with Gasteiger partial charge in [-0.15, -0.1) is 6.58 Å².